The number of hydrogen-bond donors (Lipinski definition) is 2. The number of hydrogen-bond acceptors (Lipinski definition) is 6. The summed E-state index contributed by atoms with van der Waals surface area (Å²) in [5.41, 5.74) is -1.65. The van der Waals surface area contributed by atoms with E-state index in [0.717, 1.165) is 59.1 Å². The molecule has 2 bridgehead atoms. The highest BCUT2D eigenvalue weighted by Gasteiger charge is 2.74. The van der Waals surface area contributed by atoms with E-state index >= 15 is 0 Å². The zero-order chi connectivity index (χ0) is 31.1. The number of carbonyl (C=O) groups excluding carboxylic acids is 2. The van der Waals surface area contributed by atoms with Crippen molar-refractivity contribution in [2.45, 2.75) is 90.8 Å². The SMILES string of the molecule is CCCN(CC1(O)CCC2C34C=CC5(C=C3C(=O)c3cc6ccccc6s3)CC(O)CCC5(C)C4CCC21C)C(=O)OCC. The molecule has 0 radical (unpaired) electrons. The van der Waals surface area contributed by atoms with Crippen LogP contribution in [-0.2, 0) is 4.74 Å². The highest BCUT2D eigenvalue weighted by atomic mass is 32.1. The van der Waals surface area contributed by atoms with E-state index in [-0.39, 0.29) is 47.2 Å². The van der Waals surface area contributed by atoms with E-state index in [4.69, 9.17) is 4.74 Å². The monoisotopic (exact) mass is 617 g/mol. The van der Waals surface area contributed by atoms with Gasteiger partial charge < -0.3 is 19.8 Å². The number of benzene rings is 1. The van der Waals surface area contributed by atoms with Crippen molar-refractivity contribution in [2.75, 3.05) is 19.7 Å². The first-order chi connectivity index (χ1) is 21.0. The predicted molar refractivity (Wildman–Crippen MR) is 174 cm³/mol. The number of ketones is 1. The molecule has 6 nitrogen and oxygen atoms in total. The summed E-state index contributed by atoms with van der Waals surface area (Å²) in [5, 5.41) is 24.7. The molecule has 1 heterocycles. The Balaban J connectivity index is 1.35. The van der Waals surface area contributed by atoms with E-state index < -0.39 is 16.4 Å². The highest BCUT2D eigenvalue weighted by Crippen LogP contribution is 2.78. The molecular weight excluding hydrogens is 570 g/mol. The van der Waals surface area contributed by atoms with Crippen molar-refractivity contribution in [3.8, 4) is 0 Å². The van der Waals surface area contributed by atoms with Crippen LogP contribution in [-0.4, -0.2) is 58.4 Å². The molecule has 3 saturated carbocycles. The lowest BCUT2D eigenvalue weighted by Crippen LogP contribution is -2.67. The van der Waals surface area contributed by atoms with Crippen molar-refractivity contribution >= 4 is 33.3 Å². The molecular formula is C37H47NO5S. The summed E-state index contributed by atoms with van der Waals surface area (Å²) in [4.78, 5) is 30.3. The summed E-state index contributed by atoms with van der Waals surface area (Å²) in [6.07, 6.45) is 12.5. The first kappa shape index (κ1) is 30.2. The average molecular weight is 618 g/mol. The van der Waals surface area contributed by atoms with Crippen LogP contribution in [0.2, 0.25) is 0 Å². The molecule has 3 fully saturated rings. The van der Waals surface area contributed by atoms with Gasteiger partial charge in [-0.25, -0.2) is 4.79 Å². The van der Waals surface area contributed by atoms with E-state index in [2.05, 4.69) is 44.2 Å². The third-order valence-corrected chi connectivity index (χ3v) is 14.2. The second-order valence-corrected chi connectivity index (χ2v) is 16.0. The maximum Gasteiger partial charge on any atom is 0.409 e. The minimum absolute atomic E-state index is 0.0484. The van der Waals surface area contributed by atoms with Gasteiger partial charge in [-0.05, 0) is 93.1 Å². The quantitative estimate of drug-likeness (QED) is 0.248. The lowest BCUT2D eigenvalue weighted by Gasteiger charge is -2.71. The Labute approximate surface area is 265 Å². The normalized spacial score (nSPS) is 40.2. The molecule has 7 heteroatoms. The minimum atomic E-state index is -1.09. The summed E-state index contributed by atoms with van der Waals surface area (Å²) < 4.78 is 6.52. The van der Waals surface area contributed by atoms with Crippen LogP contribution < -0.4 is 0 Å². The maximum absolute atomic E-state index is 14.9. The topological polar surface area (TPSA) is 87.1 Å². The van der Waals surface area contributed by atoms with E-state index in [1.165, 1.54) is 0 Å². The molecule has 8 unspecified atom stereocenters. The lowest BCUT2D eigenvalue weighted by molar-refractivity contribution is -0.175. The molecule has 8 rings (SSSR count). The zero-order valence-electron chi connectivity index (χ0n) is 26.6. The van der Waals surface area contributed by atoms with Crippen LogP contribution in [0, 0.1) is 33.5 Å². The molecule has 1 amide bonds. The molecule has 236 valence electrons. The number of Topliss-reactive ketones (excluding diaryl/α,β-unsaturated/α-hetero) is 1. The molecule has 2 N–H and O–H groups in total. The smallest absolute Gasteiger partial charge is 0.409 e. The average Bonchev–Trinajstić information content (AvgIpc) is 3.55. The van der Waals surface area contributed by atoms with Gasteiger partial charge in [-0.3, -0.25) is 4.79 Å². The lowest BCUT2D eigenvalue weighted by atomic mass is 9.32. The van der Waals surface area contributed by atoms with Gasteiger partial charge in [0.1, 0.15) is 0 Å². The number of fused-ring (bicyclic) bond motifs is 2. The van der Waals surface area contributed by atoms with Crippen molar-refractivity contribution < 1.29 is 24.5 Å². The molecule has 0 saturated heterocycles. The molecule has 6 aliphatic carbocycles. The van der Waals surface area contributed by atoms with Crippen LogP contribution in [0.4, 0.5) is 4.79 Å². The van der Waals surface area contributed by atoms with Crippen LogP contribution in [0.15, 0.2) is 54.1 Å². The number of aliphatic hydroxyl groups excluding tert-OH is 1. The van der Waals surface area contributed by atoms with Crippen LogP contribution in [0.3, 0.4) is 0 Å². The largest absolute Gasteiger partial charge is 0.450 e. The molecule has 2 spiro atoms. The molecule has 1 aromatic heterocycles. The van der Waals surface area contributed by atoms with Gasteiger partial charge in [0.2, 0.25) is 0 Å². The second-order valence-electron chi connectivity index (χ2n) is 14.9. The standard InChI is InChI=1S/C37H47NO5S/c1-5-19-38(32(41)43-6-2)23-36(42)16-13-30-34(36,4)15-12-29-33(3)14-11-25(39)21-35(33)17-18-37(29,30)26(22-35)31(40)28-20-24-9-7-8-10-27(24)44-28/h7-10,17-18,20,22,25,29-30,39,42H,5-6,11-16,19,21,23H2,1-4H3. The zero-order valence-corrected chi connectivity index (χ0v) is 27.4. The van der Waals surface area contributed by atoms with Gasteiger partial charge in [-0.1, -0.05) is 57.2 Å². The van der Waals surface area contributed by atoms with Gasteiger partial charge in [-0.2, -0.15) is 0 Å². The Hall–Kier alpha value is -2.48. The maximum atomic E-state index is 14.9. The fraction of sp³-hybridized carbons (Fsp3) is 0.622. The molecule has 6 aliphatic rings. The number of amides is 1. The van der Waals surface area contributed by atoms with Gasteiger partial charge in [0, 0.05) is 33.1 Å². The van der Waals surface area contributed by atoms with E-state index in [1.807, 2.05) is 32.0 Å². The Morgan fingerprint density at radius 3 is 2.50 bits per heavy atom. The van der Waals surface area contributed by atoms with Gasteiger partial charge in [0.15, 0.2) is 5.78 Å². The number of allylic oxidation sites excluding steroid dienone is 4. The predicted octanol–water partition coefficient (Wildman–Crippen LogP) is 7.54. The third kappa shape index (κ3) is 3.91. The molecule has 44 heavy (non-hydrogen) atoms. The van der Waals surface area contributed by atoms with Crippen molar-refractivity contribution in [2.24, 2.45) is 33.5 Å². The number of aliphatic hydroxyl groups is 2. The number of carbonyl (C=O) groups is 2. The van der Waals surface area contributed by atoms with Crippen molar-refractivity contribution in [1.29, 1.82) is 0 Å². The minimum Gasteiger partial charge on any atom is -0.450 e. The second kappa shape index (κ2) is 10.3. The molecule has 2 aromatic rings. The fourth-order valence-corrected chi connectivity index (χ4v) is 11.9. The van der Waals surface area contributed by atoms with E-state index in [1.54, 1.807) is 16.2 Å². The van der Waals surface area contributed by atoms with Crippen LogP contribution in [0.5, 0.6) is 0 Å². The fourth-order valence-electron chi connectivity index (χ4n) is 10.9. The van der Waals surface area contributed by atoms with Gasteiger partial charge in [0.05, 0.1) is 29.7 Å². The van der Waals surface area contributed by atoms with E-state index in [9.17, 15) is 19.8 Å². The molecule has 0 aliphatic heterocycles. The summed E-state index contributed by atoms with van der Waals surface area (Å²) in [6, 6.07) is 10.2. The van der Waals surface area contributed by atoms with Gasteiger partial charge >= 0.3 is 6.09 Å². The number of nitrogens with zero attached hydrogens (tertiary/aromatic N) is 1. The van der Waals surface area contributed by atoms with Crippen LogP contribution in [0.25, 0.3) is 10.1 Å². The van der Waals surface area contributed by atoms with Gasteiger partial charge in [0.25, 0.3) is 0 Å². The number of thiophene rings is 1. The first-order valence-corrected chi connectivity index (χ1v) is 17.6. The summed E-state index contributed by atoms with van der Waals surface area (Å²) in [5.74, 6) is 0.385. The van der Waals surface area contributed by atoms with Crippen molar-refractivity contribution in [1.82, 2.24) is 4.90 Å². The third-order valence-electron chi connectivity index (χ3n) is 13.1. The Morgan fingerprint density at radius 1 is 1.02 bits per heavy atom. The summed E-state index contributed by atoms with van der Waals surface area (Å²) in [7, 11) is 0. The number of rotatable bonds is 7. The summed E-state index contributed by atoms with van der Waals surface area (Å²) in [6.45, 7) is 9.57. The van der Waals surface area contributed by atoms with Crippen LogP contribution >= 0.6 is 11.3 Å². The molecule has 8 atom stereocenters. The van der Waals surface area contributed by atoms with Crippen molar-refractivity contribution in [3.05, 3.63) is 59.0 Å². The highest BCUT2D eigenvalue weighted by molar-refractivity contribution is 7.21. The van der Waals surface area contributed by atoms with Gasteiger partial charge in [-0.15, -0.1) is 11.3 Å². The Bertz CT molecular complexity index is 1530. The number of ether oxygens (including phenoxy) is 1. The Morgan fingerprint density at radius 2 is 1.75 bits per heavy atom. The Kier molecular flexibility index (Phi) is 7.04. The van der Waals surface area contributed by atoms with Crippen molar-refractivity contribution in [3.63, 3.8) is 0 Å². The van der Waals surface area contributed by atoms with E-state index in [0.29, 0.717) is 26.0 Å². The first-order valence-electron chi connectivity index (χ1n) is 16.8. The van der Waals surface area contributed by atoms with Crippen LogP contribution in [0.1, 0.15) is 88.7 Å². The summed E-state index contributed by atoms with van der Waals surface area (Å²) >= 11 is 1.56. The molecule has 1 aromatic carbocycles.